The Bertz CT molecular complexity index is 700. The molecule has 7 atom stereocenters. The van der Waals surface area contributed by atoms with Gasteiger partial charge in [0.05, 0.1) is 12.1 Å². The number of nitrogens with two attached hydrogens (primary N) is 2. The Morgan fingerprint density at radius 3 is 1.73 bits per heavy atom. The Morgan fingerprint density at radius 2 is 1.30 bits per heavy atom. The standard InChI is InChI=1S/C21H39N5O7/c1-6-10(3)15(23)18(29)25-16(11(4)7-2)19(30)26-17(12(5)27)20(31)24-13(21(32)33)8-9-14(22)28/h10-13,15-17,27H,6-9,23H2,1-5H3,(H2,22,28)(H,24,31)(H,25,29)(H,26,30)(H,32,33). The van der Waals surface area contributed by atoms with Gasteiger partial charge in [-0.25, -0.2) is 4.79 Å². The zero-order valence-electron chi connectivity index (χ0n) is 20.0. The molecule has 7 unspecified atom stereocenters. The molecule has 0 aromatic carbocycles. The highest BCUT2D eigenvalue weighted by atomic mass is 16.4. The van der Waals surface area contributed by atoms with Crippen LogP contribution in [0.1, 0.15) is 60.3 Å². The van der Waals surface area contributed by atoms with Gasteiger partial charge in [0.1, 0.15) is 18.1 Å². The van der Waals surface area contributed by atoms with Gasteiger partial charge in [-0.2, -0.15) is 0 Å². The lowest BCUT2D eigenvalue weighted by Crippen LogP contribution is -2.61. The summed E-state index contributed by atoms with van der Waals surface area (Å²) in [6, 6.07) is -4.80. The molecule has 12 heteroatoms. The van der Waals surface area contributed by atoms with Gasteiger partial charge in [0.2, 0.25) is 23.6 Å². The minimum absolute atomic E-state index is 0.116. The van der Waals surface area contributed by atoms with E-state index in [1.807, 2.05) is 20.8 Å². The predicted octanol–water partition coefficient (Wildman–Crippen LogP) is -1.41. The number of primary amides is 1. The van der Waals surface area contributed by atoms with Crippen LogP contribution in [0.3, 0.4) is 0 Å². The van der Waals surface area contributed by atoms with Crippen LogP contribution in [0.2, 0.25) is 0 Å². The first-order chi connectivity index (χ1) is 15.3. The first-order valence-electron chi connectivity index (χ1n) is 11.1. The van der Waals surface area contributed by atoms with E-state index in [1.54, 1.807) is 6.92 Å². The average molecular weight is 474 g/mol. The van der Waals surface area contributed by atoms with Gasteiger partial charge in [0.15, 0.2) is 0 Å². The molecule has 0 bridgehead atoms. The fourth-order valence-electron chi connectivity index (χ4n) is 2.92. The van der Waals surface area contributed by atoms with E-state index < -0.39 is 59.9 Å². The van der Waals surface area contributed by atoms with E-state index in [2.05, 4.69) is 16.0 Å². The number of carboxylic acid groups (broad SMARTS) is 1. The molecular formula is C21H39N5O7. The third kappa shape index (κ3) is 10.2. The summed E-state index contributed by atoms with van der Waals surface area (Å²) in [4.78, 5) is 60.4. The van der Waals surface area contributed by atoms with Crippen molar-refractivity contribution in [1.82, 2.24) is 16.0 Å². The van der Waals surface area contributed by atoms with Gasteiger partial charge < -0.3 is 37.6 Å². The maximum absolute atomic E-state index is 13.0. The zero-order chi connectivity index (χ0) is 25.9. The summed E-state index contributed by atoms with van der Waals surface area (Å²) in [5.41, 5.74) is 11.0. The third-order valence-electron chi connectivity index (χ3n) is 5.71. The van der Waals surface area contributed by atoms with Crippen molar-refractivity contribution in [2.75, 3.05) is 0 Å². The highest BCUT2D eigenvalue weighted by Gasteiger charge is 2.34. The molecule has 9 N–H and O–H groups in total. The van der Waals surface area contributed by atoms with Gasteiger partial charge in [0.25, 0.3) is 0 Å². The van der Waals surface area contributed by atoms with Crippen molar-refractivity contribution in [3.8, 4) is 0 Å². The Hall–Kier alpha value is -2.73. The van der Waals surface area contributed by atoms with Gasteiger partial charge in [0, 0.05) is 6.42 Å². The minimum Gasteiger partial charge on any atom is -0.480 e. The maximum atomic E-state index is 13.0. The highest BCUT2D eigenvalue weighted by Crippen LogP contribution is 2.12. The molecule has 0 spiro atoms. The Morgan fingerprint density at radius 1 is 0.818 bits per heavy atom. The van der Waals surface area contributed by atoms with Crippen LogP contribution in [0.4, 0.5) is 0 Å². The molecule has 0 radical (unpaired) electrons. The van der Waals surface area contributed by atoms with Crippen LogP contribution in [-0.4, -0.2) is 70.1 Å². The number of amides is 4. The van der Waals surface area contributed by atoms with Crippen LogP contribution in [-0.2, 0) is 24.0 Å². The van der Waals surface area contributed by atoms with Crippen LogP contribution >= 0.6 is 0 Å². The van der Waals surface area contributed by atoms with E-state index in [-0.39, 0.29) is 24.7 Å². The molecule has 33 heavy (non-hydrogen) atoms. The molecule has 0 saturated carbocycles. The van der Waals surface area contributed by atoms with Crippen molar-refractivity contribution in [2.24, 2.45) is 23.3 Å². The summed E-state index contributed by atoms with van der Waals surface area (Å²) in [7, 11) is 0. The van der Waals surface area contributed by atoms with Crippen molar-refractivity contribution in [1.29, 1.82) is 0 Å². The number of aliphatic hydroxyl groups excluding tert-OH is 1. The Kier molecular flexibility index (Phi) is 13.2. The smallest absolute Gasteiger partial charge is 0.326 e. The number of carbonyl (C=O) groups excluding carboxylic acids is 4. The molecule has 0 fully saturated rings. The molecular weight excluding hydrogens is 434 g/mol. The second-order valence-corrected chi connectivity index (χ2v) is 8.41. The zero-order valence-corrected chi connectivity index (χ0v) is 20.0. The predicted molar refractivity (Wildman–Crippen MR) is 120 cm³/mol. The summed E-state index contributed by atoms with van der Waals surface area (Å²) in [6.07, 6.45) is -0.719. The number of carbonyl (C=O) groups is 5. The molecule has 0 rings (SSSR count). The molecule has 0 heterocycles. The van der Waals surface area contributed by atoms with Crippen LogP contribution in [0.15, 0.2) is 0 Å². The number of hydrogen-bond acceptors (Lipinski definition) is 7. The van der Waals surface area contributed by atoms with E-state index in [9.17, 15) is 34.2 Å². The minimum atomic E-state index is -1.50. The maximum Gasteiger partial charge on any atom is 0.326 e. The summed E-state index contributed by atoms with van der Waals surface area (Å²) in [6.45, 7) is 8.50. The van der Waals surface area contributed by atoms with E-state index in [0.717, 1.165) is 0 Å². The quantitative estimate of drug-likeness (QED) is 0.150. The van der Waals surface area contributed by atoms with Crippen LogP contribution in [0.5, 0.6) is 0 Å². The van der Waals surface area contributed by atoms with Gasteiger partial charge in [-0.05, 0) is 25.2 Å². The summed E-state index contributed by atoms with van der Waals surface area (Å²) >= 11 is 0. The van der Waals surface area contributed by atoms with E-state index in [1.165, 1.54) is 6.92 Å². The Balaban J connectivity index is 5.51. The number of hydrogen-bond donors (Lipinski definition) is 7. The molecule has 0 aliphatic rings. The second-order valence-electron chi connectivity index (χ2n) is 8.41. The van der Waals surface area contributed by atoms with Crippen LogP contribution < -0.4 is 27.4 Å². The molecule has 0 aliphatic carbocycles. The first-order valence-corrected chi connectivity index (χ1v) is 11.1. The second kappa shape index (κ2) is 14.4. The van der Waals surface area contributed by atoms with Crippen molar-refractivity contribution >= 4 is 29.6 Å². The van der Waals surface area contributed by atoms with E-state index in [0.29, 0.717) is 12.8 Å². The molecule has 0 saturated heterocycles. The van der Waals surface area contributed by atoms with Crippen molar-refractivity contribution in [3.05, 3.63) is 0 Å². The van der Waals surface area contributed by atoms with Crippen LogP contribution in [0, 0.1) is 11.8 Å². The van der Waals surface area contributed by atoms with Gasteiger partial charge >= 0.3 is 5.97 Å². The number of aliphatic carboxylic acids is 1. The lowest BCUT2D eigenvalue weighted by Gasteiger charge is -2.29. The number of rotatable bonds is 15. The van der Waals surface area contributed by atoms with Crippen molar-refractivity contribution in [3.63, 3.8) is 0 Å². The van der Waals surface area contributed by atoms with Gasteiger partial charge in [-0.3, -0.25) is 19.2 Å². The summed E-state index contributed by atoms with van der Waals surface area (Å²) < 4.78 is 0. The topological polar surface area (TPSA) is 214 Å². The Labute approximate surface area is 194 Å². The molecule has 12 nitrogen and oxygen atoms in total. The molecule has 0 aromatic rings. The third-order valence-corrected chi connectivity index (χ3v) is 5.71. The average Bonchev–Trinajstić information content (AvgIpc) is 2.75. The molecule has 190 valence electrons. The number of aliphatic hydroxyl groups is 1. The van der Waals surface area contributed by atoms with Gasteiger partial charge in [-0.1, -0.05) is 40.5 Å². The largest absolute Gasteiger partial charge is 0.480 e. The fraction of sp³-hybridized carbons (Fsp3) is 0.762. The van der Waals surface area contributed by atoms with Crippen molar-refractivity contribution < 1.29 is 34.2 Å². The van der Waals surface area contributed by atoms with Gasteiger partial charge in [-0.15, -0.1) is 0 Å². The molecule has 0 aromatic heterocycles. The normalized spacial score (nSPS) is 17.4. The monoisotopic (exact) mass is 473 g/mol. The SMILES string of the molecule is CCC(C)C(N)C(=O)NC(C(=O)NC(C(=O)NC(CCC(N)=O)C(=O)O)C(C)O)C(C)CC. The van der Waals surface area contributed by atoms with E-state index in [4.69, 9.17) is 11.5 Å². The lowest BCUT2D eigenvalue weighted by molar-refractivity contribution is -0.143. The first kappa shape index (κ1) is 30.3. The van der Waals surface area contributed by atoms with Crippen molar-refractivity contribution in [2.45, 2.75) is 90.6 Å². The summed E-state index contributed by atoms with van der Waals surface area (Å²) in [5.74, 6) is -4.77. The molecule has 4 amide bonds. The summed E-state index contributed by atoms with van der Waals surface area (Å²) in [5, 5.41) is 26.5. The number of nitrogens with one attached hydrogen (secondary N) is 3. The molecule has 0 aliphatic heterocycles. The fourth-order valence-corrected chi connectivity index (χ4v) is 2.92. The van der Waals surface area contributed by atoms with E-state index >= 15 is 0 Å². The highest BCUT2D eigenvalue weighted by molar-refractivity contribution is 5.94. The lowest BCUT2D eigenvalue weighted by atomic mass is 9.95. The van der Waals surface area contributed by atoms with Crippen LogP contribution in [0.25, 0.3) is 0 Å². The number of carboxylic acids is 1.